The Morgan fingerprint density at radius 3 is 2.46 bits per heavy atom. The molecule has 1 amide bonds. The number of carbonyl (C=O) groups is 1. The molecule has 2 heterocycles. The normalized spacial score (nSPS) is 11.3. The van der Waals surface area contributed by atoms with Gasteiger partial charge in [-0.1, -0.05) is 6.92 Å². The van der Waals surface area contributed by atoms with Crippen LogP contribution in [0.4, 0.5) is 5.69 Å². The summed E-state index contributed by atoms with van der Waals surface area (Å²) in [6.07, 6.45) is 1.44. The molecule has 0 spiro atoms. The summed E-state index contributed by atoms with van der Waals surface area (Å²) in [6.45, 7) is 2.34. The summed E-state index contributed by atoms with van der Waals surface area (Å²) in [7, 11) is 4.72. The second-order valence-corrected chi connectivity index (χ2v) is 5.25. The van der Waals surface area contributed by atoms with Crippen LogP contribution in [0.5, 0.6) is 0 Å². The van der Waals surface area contributed by atoms with E-state index in [-0.39, 0.29) is 47.7 Å². The zero-order valence-corrected chi connectivity index (χ0v) is 15.5. The van der Waals surface area contributed by atoms with E-state index in [1.165, 1.54) is 23.9 Å². The molecule has 2 N–H and O–H groups in total. The van der Waals surface area contributed by atoms with E-state index in [1.54, 1.807) is 21.0 Å². The molecule has 134 valence electrons. The van der Waals surface area contributed by atoms with Crippen molar-refractivity contribution in [1.82, 2.24) is 19.4 Å². The van der Waals surface area contributed by atoms with E-state index < -0.39 is 11.2 Å². The van der Waals surface area contributed by atoms with Crippen LogP contribution >= 0.6 is 24.8 Å². The second-order valence-electron chi connectivity index (χ2n) is 5.25. The second kappa shape index (κ2) is 8.81. The van der Waals surface area contributed by atoms with Crippen LogP contribution in [0, 0.1) is 5.92 Å². The Balaban J connectivity index is 0.00000264. The average Bonchev–Trinajstić information content (AvgIpc) is 2.51. The Morgan fingerprint density at radius 2 is 1.88 bits per heavy atom. The van der Waals surface area contributed by atoms with Gasteiger partial charge in [0.1, 0.15) is 5.65 Å². The molecule has 0 aliphatic carbocycles. The van der Waals surface area contributed by atoms with Crippen LogP contribution in [-0.2, 0) is 18.9 Å². The molecule has 0 aliphatic rings. The number of fused-ring (bicyclic) bond motifs is 1. The number of anilines is 1. The highest BCUT2D eigenvalue weighted by atomic mass is 35.5. The summed E-state index contributed by atoms with van der Waals surface area (Å²) in [4.78, 5) is 40.1. The maximum atomic E-state index is 12.2. The highest BCUT2D eigenvalue weighted by molar-refractivity contribution is 5.94. The topological polar surface area (TPSA) is 98.0 Å². The van der Waals surface area contributed by atoms with Crippen LogP contribution in [0.2, 0.25) is 0 Å². The van der Waals surface area contributed by atoms with Crippen LogP contribution < -0.4 is 21.9 Å². The van der Waals surface area contributed by atoms with Crippen molar-refractivity contribution in [1.29, 1.82) is 0 Å². The zero-order chi connectivity index (χ0) is 16.4. The molecule has 0 radical (unpaired) electrons. The van der Waals surface area contributed by atoms with Gasteiger partial charge < -0.3 is 10.6 Å². The van der Waals surface area contributed by atoms with E-state index in [4.69, 9.17) is 0 Å². The molecule has 2 aromatic rings. The van der Waals surface area contributed by atoms with E-state index in [2.05, 4.69) is 15.6 Å². The highest BCUT2D eigenvalue weighted by Crippen LogP contribution is 2.12. The number of carbonyl (C=O) groups excluding carboxylic acids is 1. The van der Waals surface area contributed by atoms with Crippen LogP contribution in [0.3, 0.4) is 0 Å². The third kappa shape index (κ3) is 4.14. The Bertz CT molecular complexity index is 847. The fraction of sp³-hybridized carbons (Fsp3) is 0.429. The Morgan fingerprint density at radius 1 is 1.25 bits per heavy atom. The lowest BCUT2D eigenvalue weighted by Gasteiger charge is -2.12. The zero-order valence-electron chi connectivity index (χ0n) is 13.8. The van der Waals surface area contributed by atoms with E-state index >= 15 is 0 Å². The maximum absolute atomic E-state index is 12.2. The van der Waals surface area contributed by atoms with Gasteiger partial charge in [0.2, 0.25) is 5.91 Å². The van der Waals surface area contributed by atoms with Gasteiger partial charge in [-0.3, -0.25) is 18.7 Å². The van der Waals surface area contributed by atoms with Crippen molar-refractivity contribution in [3.05, 3.63) is 33.1 Å². The molecule has 0 aromatic carbocycles. The molecular formula is C14H21Cl2N5O3. The molecule has 1 unspecified atom stereocenters. The highest BCUT2D eigenvalue weighted by Gasteiger charge is 2.14. The Kier molecular flexibility index (Phi) is 8.12. The van der Waals surface area contributed by atoms with Gasteiger partial charge in [0, 0.05) is 26.6 Å². The lowest BCUT2D eigenvalue weighted by atomic mass is 10.1. The Labute approximate surface area is 151 Å². The standard InChI is InChI=1S/C14H19N5O3.2ClH/c1-8(6-15-2)12(20)17-9-5-10-11(16-7-9)18(3)14(22)19(4)13(10)21;;/h5,7-8,15H,6H2,1-4H3,(H,17,20);2*1H. The van der Waals surface area contributed by atoms with Gasteiger partial charge in [-0.2, -0.15) is 0 Å². The van der Waals surface area contributed by atoms with Crippen LogP contribution in [0.25, 0.3) is 11.0 Å². The third-order valence-electron chi connectivity index (χ3n) is 3.52. The van der Waals surface area contributed by atoms with Crippen LogP contribution in [-0.4, -0.2) is 33.6 Å². The fourth-order valence-corrected chi connectivity index (χ4v) is 2.20. The lowest BCUT2D eigenvalue weighted by molar-refractivity contribution is -0.119. The first-order valence-corrected chi connectivity index (χ1v) is 6.88. The molecule has 0 fully saturated rings. The summed E-state index contributed by atoms with van der Waals surface area (Å²) in [5.41, 5.74) is -0.167. The molecule has 2 aromatic heterocycles. The van der Waals surface area contributed by atoms with Crippen molar-refractivity contribution < 1.29 is 4.79 Å². The molecule has 0 aliphatic heterocycles. The number of aryl methyl sites for hydroxylation is 1. The number of amides is 1. The number of halogens is 2. The van der Waals surface area contributed by atoms with E-state index in [9.17, 15) is 14.4 Å². The minimum absolute atomic E-state index is 0. The van der Waals surface area contributed by atoms with Crippen molar-refractivity contribution in [2.75, 3.05) is 18.9 Å². The van der Waals surface area contributed by atoms with E-state index in [1.807, 2.05) is 0 Å². The smallest absolute Gasteiger partial charge is 0.324 e. The number of hydrogen-bond donors (Lipinski definition) is 2. The van der Waals surface area contributed by atoms with Crippen molar-refractivity contribution in [2.24, 2.45) is 20.0 Å². The number of aromatic nitrogens is 3. The molecule has 0 bridgehead atoms. The van der Waals surface area contributed by atoms with Gasteiger partial charge in [0.05, 0.1) is 17.3 Å². The van der Waals surface area contributed by atoms with E-state index in [0.29, 0.717) is 12.2 Å². The van der Waals surface area contributed by atoms with E-state index in [0.717, 1.165) is 4.57 Å². The minimum atomic E-state index is -0.440. The predicted molar refractivity (Wildman–Crippen MR) is 98.4 cm³/mol. The van der Waals surface area contributed by atoms with Crippen molar-refractivity contribution in [3.8, 4) is 0 Å². The minimum Gasteiger partial charge on any atom is -0.324 e. The molecule has 2 rings (SSSR count). The van der Waals surface area contributed by atoms with Crippen molar-refractivity contribution in [3.63, 3.8) is 0 Å². The number of rotatable bonds is 4. The van der Waals surface area contributed by atoms with Gasteiger partial charge in [-0.15, -0.1) is 24.8 Å². The first-order chi connectivity index (χ1) is 10.4. The Hall–Kier alpha value is -1.90. The largest absolute Gasteiger partial charge is 0.332 e. The average molecular weight is 378 g/mol. The summed E-state index contributed by atoms with van der Waals surface area (Å²) in [6, 6.07) is 1.54. The lowest BCUT2D eigenvalue weighted by Crippen LogP contribution is -2.37. The molecular weight excluding hydrogens is 357 g/mol. The molecule has 1 atom stereocenters. The molecule has 24 heavy (non-hydrogen) atoms. The summed E-state index contributed by atoms with van der Waals surface area (Å²) >= 11 is 0. The summed E-state index contributed by atoms with van der Waals surface area (Å²) in [5, 5.41) is 5.93. The third-order valence-corrected chi connectivity index (χ3v) is 3.52. The van der Waals surface area contributed by atoms with Crippen LogP contribution in [0.15, 0.2) is 21.9 Å². The number of nitrogens with one attached hydrogen (secondary N) is 2. The van der Waals surface area contributed by atoms with Gasteiger partial charge >= 0.3 is 5.69 Å². The number of nitrogens with zero attached hydrogens (tertiary/aromatic N) is 3. The fourth-order valence-electron chi connectivity index (χ4n) is 2.20. The predicted octanol–water partition coefficient (Wildman–Crippen LogP) is 0.270. The molecule has 10 heteroatoms. The van der Waals surface area contributed by atoms with Gasteiger partial charge in [-0.05, 0) is 13.1 Å². The first-order valence-electron chi connectivity index (χ1n) is 6.88. The van der Waals surface area contributed by atoms with Gasteiger partial charge in [-0.25, -0.2) is 9.78 Å². The van der Waals surface area contributed by atoms with Crippen LogP contribution in [0.1, 0.15) is 6.92 Å². The first kappa shape index (κ1) is 22.1. The summed E-state index contributed by atoms with van der Waals surface area (Å²) in [5.74, 6) is -0.388. The van der Waals surface area contributed by atoms with Gasteiger partial charge in [0.15, 0.2) is 0 Å². The molecule has 0 saturated carbocycles. The number of hydrogen-bond acceptors (Lipinski definition) is 5. The number of pyridine rings is 1. The summed E-state index contributed by atoms with van der Waals surface area (Å²) < 4.78 is 2.31. The molecule has 0 saturated heterocycles. The molecule has 8 nitrogen and oxygen atoms in total. The quantitative estimate of drug-likeness (QED) is 0.796. The van der Waals surface area contributed by atoms with Crippen molar-refractivity contribution in [2.45, 2.75) is 6.92 Å². The van der Waals surface area contributed by atoms with Gasteiger partial charge in [0.25, 0.3) is 5.56 Å². The maximum Gasteiger partial charge on any atom is 0.332 e. The monoisotopic (exact) mass is 377 g/mol. The van der Waals surface area contributed by atoms with Crippen molar-refractivity contribution >= 4 is 47.4 Å². The SMILES string of the molecule is CNCC(C)C(=O)Nc1cnc2c(c1)c(=O)n(C)c(=O)n2C.Cl.Cl.